The monoisotopic (exact) mass is 358 g/mol. The molecular formula is C24H22O3. The highest BCUT2D eigenvalue weighted by molar-refractivity contribution is 5.88. The van der Waals surface area contributed by atoms with Gasteiger partial charge in [0.25, 0.3) is 0 Å². The average Bonchev–Trinajstić information content (AvgIpc) is 2.70. The third-order valence-corrected chi connectivity index (χ3v) is 5.18. The second-order valence-electron chi connectivity index (χ2n) is 6.94. The largest absolute Gasteiger partial charge is 0.478 e. The van der Waals surface area contributed by atoms with Crippen molar-refractivity contribution in [3.8, 4) is 22.6 Å². The van der Waals surface area contributed by atoms with Crippen LogP contribution in [0.5, 0.6) is 11.5 Å². The number of fused-ring (bicyclic) bond motifs is 2. The highest BCUT2D eigenvalue weighted by Gasteiger charge is 2.22. The molecule has 0 aromatic heterocycles. The van der Waals surface area contributed by atoms with Crippen LogP contribution in [0.4, 0.5) is 0 Å². The molecule has 0 amide bonds. The first kappa shape index (κ1) is 17.3. The van der Waals surface area contributed by atoms with Crippen molar-refractivity contribution in [1.82, 2.24) is 0 Å². The van der Waals surface area contributed by atoms with Gasteiger partial charge in [-0.05, 0) is 53.8 Å². The van der Waals surface area contributed by atoms with Crippen LogP contribution in [0.2, 0.25) is 0 Å². The third-order valence-electron chi connectivity index (χ3n) is 5.18. The number of aryl methyl sites for hydroxylation is 1. The Morgan fingerprint density at radius 1 is 0.963 bits per heavy atom. The molecule has 0 fully saturated rings. The van der Waals surface area contributed by atoms with Crippen molar-refractivity contribution in [2.45, 2.75) is 32.6 Å². The quantitative estimate of drug-likeness (QED) is 0.469. The highest BCUT2D eigenvalue weighted by Crippen LogP contribution is 2.42. The molecule has 3 aromatic rings. The molecule has 1 heterocycles. The van der Waals surface area contributed by atoms with Crippen LogP contribution < -0.4 is 4.74 Å². The predicted molar refractivity (Wildman–Crippen MR) is 107 cm³/mol. The summed E-state index contributed by atoms with van der Waals surface area (Å²) < 4.78 is 6.23. The Labute approximate surface area is 159 Å². The van der Waals surface area contributed by atoms with Gasteiger partial charge in [0.15, 0.2) is 0 Å². The van der Waals surface area contributed by atoms with Gasteiger partial charge in [-0.15, -0.1) is 0 Å². The van der Waals surface area contributed by atoms with Crippen LogP contribution >= 0.6 is 0 Å². The smallest absolute Gasteiger partial charge is 0.335 e. The molecule has 1 N–H and O–H groups in total. The fraction of sp³-hybridized carbons (Fsp3) is 0.208. The number of carboxylic acids is 1. The zero-order valence-electron chi connectivity index (χ0n) is 15.4. The fourth-order valence-corrected chi connectivity index (χ4v) is 3.71. The lowest BCUT2D eigenvalue weighted by Gasteiger charge is -2.25. The van der Waals surface area contributed by atoms with Crippen molar-refractivity contribution in [2.24, 2.45) is 0 Å². The summed E-state index contributed by atoms with van der Waals surface area (Å²) in [5, 5.41) is 9.13. The second kappa shape index (κ2) is 7.28. The number of aromatic carboxylic acids is 1. The van der Waals surface area contributed by atoms with E-state index < -0.39 is 5.97 Å². The number of hydrogen-bond donors (Lipinski definition) is 1. The maximum absolute atomic E-state index is 11.1. The number of carboxylic acid groups (broad SMARTS) is 1. The van der Waals surface area contributed by atoms with E-state index in [1.165, 1.54) is 24.0 Å². The van der Waals surface area contributed by atoms with E-state index in [1.54, 1.807) is 12.1 Å². The van der Waals surface area contributed by atoms with Crippen molar-refractivity contribution in [3.63, 3.8) is 0 Å². The van der Waals surface area contributed by atoms with Crippen LogP contribution in [0.3, 0.4) is 0 Å². The molecule has 27 heavy (non-hydrogen) atoms. The van der Waals surface area contributed by atoms with Crippen LogP contribution in [0.25, 0.3) is 11.1 Å². The fourth-order valence-electron chi connectivity index (χ4n) is 3.71. The Hall–Kier alpha value is -3.07. The summed E-state index contributed by atoms with van der Waals surface area (Å²) in [5.74, 6) is 0.930. The molecule has 3 nitrogen and oxygen atoms in total. The van der Waals surface area contributed by atoms with E-state index in [4.69, 9.17) is 9.84 Å². The summed E-state index contributed by atoms with van der Waals surface area (Å²) >= 11 is 0. The Morgan fingerprint density at radius 2 is 1.67 bits per heavy atom. The lowest BCUT2D eigenvalue weighted by Crippen LogP contribution is -2.07. The summed E-state index contributed by atoms with van der Waals surface area (Å²) in [6.07, 6.45) is 4.24. The number of rotatable bonds is 5. The van der Waals surface area contributed by atoms with E-state index in [9.17, 15) is 4.79 Å². The van der Waals surface area contributed by atoms with Crippen molar-refractivity contribution in [2.75, 3.05) is 0 Å². The van der Waals surface area contributed by atoms with Gasteiger partial charge < -0.3 is 9.84 Å². The van der Waals surface area contributed by atoms with Gasteiger partial charge in [-0.25, -0.2) is 4.79 Å². The summed E-state index contributed by atoms with van der Waals surface area (Å²) in [4.78, 5) is 11.1. The topological polar surface area (TPSA) is 46.5 Å². The summed E-state index contributed by atoms with van der Waals surface area (Å²) in [5.41, 5.74) is 6.20. The number of benzene rings is 3. The zero-order valence-corrected chi connectivity index (χ0v) is 15.4. The number of unbranched alkanes of at least 4 members (excludes halogenated alkanes) is 1. The molecule has 136 valence electrons. The molecule has 0 radical (unpaired) electrons. The predicted octanol–water partition coefficient (Wildman–Crippen LogP) is 6.09. The summed E-state index contributed by atoms with van der Waals surface area (Å²) in [6.45, 7) is 2.21. The Morgan fingerprint density at radius 3 is 2.37 bits per heavy atom. The van der Waals surface area contributed by atoms with Gasteiger partial charge in [-0.1, -0.05) is 49.7 Å². The highest BCUT2D eigenvalue weighted by atomic mass is 16.5. The molecule has 3 aromatic carbocycles. The van der Waals surface area contributed by atoms with E-state index in [1.807, 2.05) is 30.3 Å². The molecule has 0 bridgehead atoms. The van der Waals surface area contributed by atoms with Gasteiger partial charge in [-0.2, -0.15) is 0 Å². The number of carbonyl (C=O) groups is 1. The first-order chi connectivity index (χ1) is 13.2. The number of hydrogen-bond acceptors (Lipinski definition) is 2. The molecule has 1 aliphatic heterocycles. The van der Waals surface area contributed by atoms with Crippen molar-refractivity contribution >= 4 is 5.97 Å². The standard InChI is InChI=1S/C24H22O3/c1-2-3-6-16-7-4-9-22-20(16)15-21-19(8-5-10-23(21)27-22)17-11-13-18(14-12-17)24(25)26/h4-5,7-14H,2-3,6,15H2,1H3,(H,25,26). The second-order valence-corrected chi connectivity index (χ2v) is 6.94. The lowest BCUT2D eigenvalue weighted by molar-refractivity contribution is 0.0697. The van der Waals surface area contributed by atoms with Crippen molar-refractivity contribution < 1.29 is 14.6 Å². The molecule has 4 rings (SSSR count). The van der Waals surface area contributed by atoms with Gasteiger partial charge in [0.05, 0.1) is 5.56 Å². The van der Waals surface area contributed by atoms with Crippen LogP contribution in [0.15, 0.2) is 60.7 Å². The summed E-state index contributed by atoms with van der Waals surface area (Å²) in [6, 6.07) is 19.4. The Kier molecular flexibility index (Phi) is 4.68. The van der Waals surface area contributed by atoms with E-state index in [-0.39, 0.29) is 0 Å². The van der Waals surface area contributed by atoms with Gasteiger partial charge in [0.2, 0.25) is 0 Å². The zero-order chi connectivity index (χ0) is 18.8. The minimum atomic E-state index is -0.908. The molecule has 3 heteroatoms. The molecule has 0 saturated carbocycles. The van der Waals surface area contributed by atoms with E-state index >= 15 is 0 Å². The molecule has 0 aliphatic carbocycles. The van der Waals surface area contributed by atoms with Crippen LogP contribution in [-0.2, 0) is 12.8 Å². The average molecular weight is 358 g/mol. The molecule has 0 saturated heterocycles. The van der Waals surface area contributed by atoms with Gasteiger partial charge in [-0.3, -0.25) is 0 Å². The summed E-state index contributed by atoms with van der Waals surface area (Å²) in [7, 11) is 0. The van der Waals surface area contributed by atoms with Crippen LogP contribution in [0.1, 0.15) is 46.8 Å². The lowest BCUT2D eigenvalue weighted by atomic mass is 9.89. The molecular weight excluding hydrogens is 336 g/mol. The molecule has 0 spiro atoms. The molecule has 1 aliphatic rings. The maximum Gasteiger partial charge on any atom is 0.335 e. The molecule has 0 atom stereocenters. The van der Waals surface area contributed by atoms with Gasteiger partial charge in [0, 0.05) is 17.5 Å². The maximum atomic E-state index is 11.1. The first-order valence-corrected chi connectivity index (χ1v) is 9.41. The van der Waals surface area contributed by atoms with Crippen molar-refractivity contribution in [3.05, 3.63) is 82.9 Å². The van der Waals surface area contributed by atoms with E-state index in [2.05, 4.69) is 25.1 Å². The SMILES string of the molecule is CCCCc1cccc2c1Cc1c(cccc1-c1ccc(C(=O)O)cc1)O2. The normalized spacial score (nSPS) is 12.0. The minimum Gasteiger partial charge on any atom is -0.478 e. The number of ether oxygens (including phenoxy) is 1. The Bertz CT molecular complexity index is 987. The van der Waals surface area contributed by atoms with Crippen LogP contribution in [0, 0.1) is 0 Å². The minimum absolute atomic E-state index is 0.298. The van der Waals surface area contributed by atoms with Crippen molar-refractivity contribution in [1.29, 1.82) is 0 Å². The van der Waals surface area contributed by atoms with E-state index in [0.717, 1.165) is 41.0 Å². The third kappa shape index (κ3) is 3.33. The van der Waals surface area contributed by atoms with E-state index in [0.29, 0.717) is 5.56 Å². The first-order valence-electron chi connectivity index (χ1n) is 9.41. The van der Waals surface area contributed by atoms with Gasteiger partial charge >= 0.3 is 5.97 Å². The van der Waals surface area contributed by atoms with Crippen LogP contribution in [-0.4, -0.2) is 11.1 Å². The Balaban J connectivity index is 1.74. The van der Waals surface area contributed by atoms with Gasteiger partial charge in [0.1, 0.15) is 11.5 Å². The molecule has 0 unspecified atom stereocenters.